The van der Waals surface area contributed by atoms with Crippen molar-refractivity contribution in [3.05, 3.63) is 0 Å². The van der Waals surface area contributed by atoms with Crippen LogP contribution < -0.4 is 0 Å². The van der Waals surface area contributed by atoms with Crippen LogP contribution in [-0.2, 0) is 0 Å². The van der Waals surface area contributed by atoms with Gasteiger partial charge in [-0.05, 0) is 6.92 Å². The van der Waals surface area contributed by atoms with Gasteiger partial charge in [-0.25, -0.2) is 4.99 Å². The second-order valence-corrected chi connectivity index (χ2v) is 1.70. The molecule has 0 aromatic heterocycles. The Kier molecular flexibility index (Phi) is 2.84. The van der Waals surface area contributed by atoms with E-state index in [1.165, 1.54) is 0 Å². The summed E-state index contributed by atoms with van der Waals surface area (Å²) < 4.78 is 0. The standard InChI is InChI=1S/C5H11N3/c1-5(7-4-6)8(2)3/h4,6H,1-3H3/b6-4?,7-5+. The Hall–Kier alpha value is -0.860. The van der Waals surface area contributed by atoms with Crippen molar-refractivity contribution in [2.24, 2.45) is 4.99 Å². The van der Waals surface area contributed by atoms with Gasteiger partial charge >= 0.3 is 0 Å². The SMILES string of the molecule is C/C(=N\C=N)N(C)C. The molecule has 0 rings (SSSR count). The highest BCUT2D eigenvalue weighted by molar-refractivity contribution is 5.85. The maximum atomic E-state index is 6.59. The minimum Gasteiger partial charge on any atom is -0.366 e. The van der Waals surface area contributed by atoms with E-state index in [0.717, 1.165) is 12.2 Å². The van der Waals surface area contributed by atoms with Crippen molar-refractivity contribution in [1.82, 2.24) is 4.90 Å². The van der Waals surface area contributed by atoms with E-state index in [2.05, 4.69) is 4.99 Å². The van der Waals surface area contributed by atoms with Crippen LogP contribution in [0.4, 0.5) is 0 Å². The molecule has 1 N–H and O–H groups in total. The van der Waals surface area contributed by atoms with Crippen molar-refractivity contribution in [1.29, 1.82) is 5.41 Å². The molecule has 0 heterocycles. The first kappa shape index (κ1) is 7.14. The number of hydrogen-bond acceptors (Lipinski definition) is 1. The fraction of sp³-hybridized carbons (Fsp3) is 0.600. The predicted molar refractivity (Wildman–Crippen MR) is 35.6 cm³/mol. The number of hydrogen-bond donors (Lipinski definition) is 1. The minimum atomic E-state index is 0.847. The van der Waals surface area contributed by atoms with Crippen LogP contribution in [0.2, 0.25) is 0 Å². The molecule has 0 amide bonds. The van der Waals surface area contributed by atoms with Crippen molar-refractivity contribution in [3.8, 4) is 0 Å². The highest BCUT2D eigenvalue weighted by Gasteiger charge is 1.86. The Balaban J connectivity index is 3.78. The summed E-state index contributed by atoms with van der Waals surface area (Å²) in [6.07, 6.45) is 1.04. The molecule has 0 aliphatic carbocycles. The van der Waals surface area contributed by atoms with Gasteiger partial charge in [0.1, 0.15) is 12.2 Å². The second-order valence-electron chi connectivity index (χ2n) is 1.70. The molecule has 0 bridgehead atoms. The normalized spacial score (nSPS) is 11.1. The molecule has 3 nitrogen and oxygen atoms in total. The van der Waals surface area contributed by atoms with Crippen LogP contribution >= 0.6 is 0 Å². The number of nitrogens with one attached hydrogen (secondary N) is 1. The second kappa shape index (κ2) is 3.18. The van der Waals surface area contributed by atoms with Crippen LogP contribution in [0, 0.1) is 5.41 Å². The minimum absolute atomic E-state index is 0.847. The zero-order valence-corrected chi connectivity index (χ0v) is 5.47. The third-order valence-corrected chi connectivity index (χ3v) is 0.899. The lowest BCUT2D eigenvalue weighted by Crippen LogP contribution is -2.18. The van der Waals surface area contributed by atoms with Crippen LogP contribution in [0.1, 0.15) is 6.92 Å². The van der Waals surface area contributed by atoms with Gasteiger partial charge < -0.3 is 4.90 Å². The predicted octanol–water partition coefficient (Wildman–Crippen LogP) is 0.573. The van der Waals surface area contributed by atoms with Crippen molar-refractivity contribution >= 4 is 12.2 Å². The lowest BCUT2D eigenvalue weighted by atomic mass is 10.6. The van der Waals surface area contributed by atoms with E-state index in [-0.39, 0.29) is 0 Å². The van der Waals surface area contributed by atoms with E-state index in [1.807, 2.05) is 25.9 Å². The van der Waals surface area contributed by atoms with E-state index >= 15 is 0 Å². The van der Waals surface area contributed by atoms with E-state index < -0.39 is 0 Å². The molecule has 0 fully saturated rings. The molecule has 0 radical (unpaired) electrons. The van der Waals surface area contributed by atoms with Gasteiger partial charge in [-0.1, -0.05) is 0 Å². The van der Waals surface area contributed by atoms with Crippen LogP contribution in [0.15, 0.2) is 4.99 Å². The van der Waals surface area contributed by atoms with Gasteiger partial charge in [0.05, 0.1) is 0 Å². The summed E-state index contributed by atoms with van der Waals surface area (Å²) in [4.78, 5) is 5.56. The molecule has 8 heavy (non-hydrogen) atoms. The molecule has 46 valence electrons. The molecular weight excluding hydrogens is 102 g/mol. The molecule has 0 spiro atoms. The van der Waals surface area contributed by atoms with E-state index in [0.29, 0.717) is 0 Å². The fourth-order valence-electron chi connectivity index (χ4n) is 0.209. The van der Waals surface area contributed by atoms with E-state index in [4.69, 9.17) is 5.41 Å². The Morgan fingerprint density at radius 3 is 2.25 bits per heavy atom. The lowest BCUT2D eigenvalue weighted by molar-refractivity contribution is 0.620. The van der Waals surface area contributed by atoms with Gasteiger partial charge in [-0.3, -0.25) is 5.41 Å². The van der Waals surface area contributed by atoms with E-state index in [9.17, 15) is 0 Å². The van der Waals surface area contributed by atoms with Crippen LogP contribution in [0.5, 0.6) is 0 Å². The molecular formula is C5H11N3. The van der Waals surface area contributed by atoms with Gasteiger partial charge in [0, 0.05) is 14.1 Å². The summed E-state index contributed by atoms with van der Waals surface area (Å²) in [5.74, 6) is 0.847. The maximum absolute atomic E-state index is 6.59. The highest BCUT2D eigenvalue weighted by Crippen LogP contribution is 1.77. The average molecular weight is 113 g/mol. The molecule has 0 unspecified atom stereocenters. The van der Waals surface area contributed by atoms with Crippen LogP contribution in [0.25, 0.3) is 0 Å². The van der Waals surface area contributed by atoms with Crippen molar-refractivity contribution < 1.29 is 0 Å². The number of nitrogens with zero attached hydrogens (tertiary/aromatic N) is 2. The number of aliphatic imine (C=N–C) groups is 1. The Bertz CT molecular complexity index is 104. The lowest BCUT2D eigenvalue weighted by Gasteiger charge is -2.08. The summed E-state index contributed by atoms with van der Waals surface area (Å²) in [5, 5.41) is 6.59. The van der Waals surface area contributed by atoms with Crippen molar-refractivity contribution in [3.63, 3.8) is 0 Å². The quantitative estimate of drug-likeness (QED) is 0.392. The molecule has 0 aliphatic heterocycles. The van der Waals surface area contributed by atoms with Gasteiger partial charge in [0.2, 0.25) is 0 Å². The van der Waals surface area contributed by atoms with Crippen molar-refractivity contribution in [2.75, 3.05) is 14.1 Å². The highest BCUT2D eigenvalue weighted by atomic mass is 15.1. The fourth-order valence-corrected chi connectivity index (χ4v) is 0.209. The first-order chi connectivity index (χ1) is 3.68. The zero-order chi connectivity index (χ0) is 6.57. The molecule has 3 heteroatoms. The third-order valence-electron chi connectivity index (χ3n) is 0.899. The van der Waals surface area contributed by atoms with Gasteiger partial charge in [0.25, 0.3) is 0 Å². The topological polar surface area (TPSA) is 39.5 Å². The summed E-state index contributed by atoms with van der Waals surface area (Å²) in [6.45, 7) is 1.85. The average Bonchev–Trinajstić information content (AvgIpc) is 1.67. The van der Waals surface area contributed by atoms with E-state index in [1.54, 1.807) is 0 Å². The van der Waals surface area contributed by atoms with Crippen LogP contribution in [0.3, 0.4) is 0 Å². The van der Waals surface area contributed by atoms with Gasteiger partial charge in [-0.2, -0.15) is 0 Å². The summed E-state index contributed by atoms with van der Waals surface area (Å²) in [7, 11) is 3.78. The summed E-state index contributed by atoms with van der Waals surface area (Å²) in [6, 6.07) is 0. The maximum Gasteiger partial charge on any atom is 0.109 e. The summed E-state index contributed by atoms with van der Waals surface area (Å²) in [5.41, 5.74) is 0. The Morgan fingerprint density at radius 2 is 2.12 bits per heavy atom. The first-order valence-electron chi connectivity index (χ1n) is 2.39. The molecule has 0 atom stereocenters. The number of rotatable bonds is 1. The largest absolute Gasteiger partial charge is 0.366 e. The zero-order valence-electron chi connectivity index (χ0n) is 5.47. The monoisotopic (exact) mass is 113 g/mol. The molecule has 0 aromatic carbocycles. The molecule has 0 aromatic rings. The van der Waals surface area contributed by atoms with Gasteiger partial charge in [0.15, 0.2) is 0 Å². The summed E-state index contributed by atoms with van der Waals surface area (Å²) >= 11 is 0. The van der Waals surface area contributed by atoms with Crippen LogP contribution in [-0.4, -0.2) is 31.2 Å². The van der Waals surface area contributed by atoms with Gasteiger partial charge in [-0.15, -0.1) is 0 Å². The first-order valence-corrected chi connectivity index (χ1v) is 2.39. The third kappa shape index (κ3) is 2.34. The molecule has 0 aliphatic rings. The Labute approximate surface area is 49.5 Å². The molecule has 0 saturated carbocycles. The Morgan fingerprint density at radius 1 is 1.62 bits per heavy atom. The van der Waals surface area contributed by atoms with Crippen molar-refractivity contribution in [2.45, 2.75) is 6.92 Å². The molecule has 0 saturated heterocycles. The number of amidine groups is 1. The smallest absolute Gasteiger partial charge is 0.109 e.